The fourth-order valence-corrected chi connectivity index (χ4v) is 3.27. The molecule has 1 aliphatic rings. The van der Waals surface area contributed by atoms with Crippen LogP contribution in [0.2, 0.25) is 5.28 Å². The van der Waals surface area contributed by atoms with Gasteiger partial charge in [-0.15, -0.1) is 0 Å². The second kappa shape index (κ2) is 5.91. The summed E-state index contributed by atoms with van der Waals surface area (Å²) in [5, 5.41) is 14.4. The number of nitro groups is 1. The van der Waals surface area contributed by atoms with E-state index in [4.69, 9.17) is 11.6 Å². The van der Waals surface area contributed by atoms with Crippen molar-refractivity contribution in [3.8, 4) is 0 Å². The monoisotopic (exact) mass is 298 g/mol. The van der Waals surface area contributed by atoms with Crippen LogP contribution in [0.3, 0.4) is 0 Å². The third-order valence-corrected chi connectivity index (χ3v) is 4.46. The Morgan fingerprint density at radius 3 is 2.70 bits per heavy atom. The van der Waals surface area contributed by atoms with Crippen molar-refractivity contribution in [3.05, 3.63) is 21.1 Å². The Balaban J connectivity index is 2.27. The van der Waals surface area contributed by atoms with Crippen molar-refractivity contribution < 1.29 is 4.92 Å². The van der Waals surface area contributed by atoms with E-state index >= 15 is 0 Å². The molecule has 1 N–H and O–H groups in total. The SMILES string of the molecule is CCC1CCC(Nc2nc(Cl)nc(C)c2[N+](=O)[O-])C1C. The highest BCUT2D eigenvalue weighted by molar-refractivity contribution is 6.28. The fourth-order valence-electron chi connectivity index (χ4n) is 3.06. The van der Waals surface area contributed by atoms with Gasteiger partial charge in [0.15, 0.2) is 0 Å². The van der Waals surface area contributed by atoms with Gasteiger partial charge < -0.3 is 5.32 Å². The quantitative estimate of drug-likeness (QED) is 0.522. The number of nitrogens with one attached hydrogen (secondary N) is 1. The smallest absolute Gasteiger partial charge is 0.332 e. The van der Waals surface area contributed by atoms with Gasteiger partial charge in [0.25, 0.3) is 0 Å². The highest BCUT2D eigenvalue weighted by Gasteiger charge is 2.33. The van der Waals surface area contributed by atoms with Crippen molar-refractivity contribution in [1.29, 1.82) is 0 Å². The Hall–Kier alpha value is -1.43. The molecule has 0 aromatic carbocycles. The van der Waals surface area contributed by atoms with Crippen LogP contribution in [0.5, 0.6) is 0 Å². The largest absolute Gasteiger partial charge is 0.361 e. The summed E-state index contributed by atoms with van der Waals surface area (Å²) < 4.78 is 0. The molecule has 1 aliphatic carbocycles. The molecule has 0 aliphatic heterocycles. The van der Waals surface area contributed by atoms with Gasteiger partial charge in [-0.25, -0.2) is 4.98 Å². The molecule has 1 aromatic heterocycles. The van der Waals surface area contributed by atoms with Crippen LogP contribution >= 0.6 is 11.6 Å². The van der Waals surface area contributed by atoms with E-state index in [0.717, 1.165) is 19.3 Å². The minimum absolute atomic E-state index is 0.0355. The van der Waals surface area contributed by atoms with Crippen LogP contribution in [0.4, 0.5) is 11.5 Å². The van der Waals surface area contributed by atoms with Crippen LogP contribution < -0.4 is 5.32 Å². The van der Waals surface area contributed by atoms with Gasteiger partial charge in [-0.2, -0.15) is 4.98 Å². The van der Waals surface area contributed by atoms with Crippen molar-refractivity contribution in [2.24, 2.45) is 11.8 Å². The van der Waals surface area contributed by atoms with E-state index in [1.54, 1.807) is 6.92 Å². The molecule has 0 saturated heterocycles. The summed E-state index contributed by atoms with van der Waals surface area (Å²) in [4.78, 5) is 18.6. The summed E-state index contributed by atoms with van der Waals surface area (Å²) >= 11 is 5.82. The van der Waals surface area contributed by atoms with Crippen molar-refractivity contribution in [2.45, 2.75) is 46.1 Å². The van der Waals surface area contributed by atoms with Gasteiger partial charge >= 0.3 is 5.69 Å². The van der Waals surface area contributed by atoms with Gasteiger partial charge in [0.2, 0.25) is 11.1 Å². The molecule has 1 aromatic rings. The number of halogens is 1. The van der Waals surface area contributed by atoms with Crippen molar-refractivity contribution in [2.75, 3.05) is 5.32 Å². The van der Waals surface area contributed by atoms with E-state index in [1.165, 1.54) is 0 Å². The zero-order valence-electron chi connectivity index (χ0n) is 11.9. The first-order valence-corrected chi connectivity index (χ1v) is 7.26. The van der Waals surface area contributed by atoms with Crippen LogP contribution in [0, 0.1) is 28.9 Å². The number of hydrogen-bond donors (Lipinski definition) is 1. The fraction of sp³-hybridized carbons (Fsp3) is 0.692. The summed E-state index contributed by atoms with van der Waals surface area (Å²) in [6, 6.07) is 0.198. The first-order chi connectivity index (χ1) is 9.43. The number of nitrogens with zero attached hydrogens (tertiary/aromatic N) is 3. The number of anilines is 1. The highest BCUT2D eigenvalue weighted by Crippen LogP contribution is 2.37. The average Bonchev–Trinajstić information content (AvgIpc) is 2.69. The molecular weight excluding hydrogens is 280 g/mol. The number of hydrogen-bond acceptors (Lipinski definition) is 5. The maximum absolute atomic E-state index is 11.2. The molecule has 0 amide bonds. The van der Waals surface area contributed by atoms with E-state index < -0.39 is 4.92 Å². The molecule has 20 heavy (non-hydrogen) atoms. The van der Waals surface area contributed by atoms with Crippen LogP contribution in [0.1, 0.15) is 38.8 Å². The second-order valence-corrected chi connectivity index (χ2v) is 5.73. The van der Waals surface area contributed by atoms with Crippen LogP contribution in [0.15, 0.2) is 0 Å². The zero-order valence-corrected chi connectivity index (χ0v) is 12.6. The third-order valence-electron chi connectivity index (χ3n) is 4.29. The van der Waals surface area contributed by atoms with Crippen LogP contribution in [-0.4, -0.2) is 20.9 Å². The molecule has 0 bridgehead atoms. The second-order valence-electron chi connectivity index (χ2n) is 5.39. The third kappa shape index (κ3) is 2.85. The van der Waals surface area contributed by atoms with Gasteiger partial charge in [-0.3, -0.25) is 10.1 Å². The minimum Gasteiger partial charge on any atom is -0.361 e. The molecule has 1 heterocycles. The topological polar surface area (TPSA) is 81.0 Å². The van der Waals surface area contributed by atoms with Crippen molar-refractivity contribution in [1.82, 2.24) is 9.97 Å². The average molecular weight is 299 g/mol. The van der Waals surface area contributed by atoms with E-state index in [2.05, 4.69) is 29.1 Å². The van der Waals surface area contributed by atoms with E-state index in [9.17, 15) is 10.1 Å². The molecule has 3 atom stereocenters. The lowest BCUT2D eigenvalue weighted by Gasteiger charge is -2.21. The summed E-state index contributed by atoms with van der Waals surface area (Å²) in [5.41, 5.74) is 0.205. The number of aromatic nitrogens is 2. The summed E-state index contributed by atoms with van der Waals surface area (Å²) in [5.74, 6) is 1.36. The number of rotatable bonds is 4. The van der Waals surface area contributed by atoms with E-state index in [0.29, 0.717) is 11.8 Å². The molecule has 3 unspecified atom stereocenters. The summed E-state index contributed by atoms with van der Waals surface area (Å²) in [7, 11) is 0. The molecule has 0 spiro atoms. The molecule has 1 fully saturated rings. The number of aryl methyl sites for hydroxylation is 1. The Kier molecular flexibility index (Phi) is 4.42. The minimum atomic E-state index is -0.453. The maximum atomic E-state index is 11.2. The Morgan fingerprint density at radius 1 is 1.45 bits per heavy atom. The zero-order chi connectivity index (χ0) is 14.9. The lowest BCUT2D eigenvalue weighted by molar-refractivity contribution is -0.385. The first kappa shape index (κ1) is 15.0. The predicted molar refractivity (Wildman–Crippen MR) is 78.0 cm³/mol. The molecule has 0 radical (unpaired) electrons. The van der Waals surface area contributed by atoms with Crippen molar-refractivity contribution >= 4 is 23.1 Å². The molecule has 110 valence electrons. The van der Waals surface area contributed by atoms with Crippen LogP contribution in [0.25, 0.3) is 0 Å². The van der Waals surface area contributed by atoms with Gasteiger partial charge in [0, 0.05) is 6.04 Å². The Bertz CT molecular complexity index is 523. The standard InChI is InChI=1S/C13H19ClN4O2/c1-4-9-5-6-10(7(9)2)16-12-11(18(19)20)8(3)15-13(14)17-12/h7,9-10H,4-6H2,1-3H3,(H,15,16,17). The van der Waals surface area contributed by atoms with Gasteiger partial charge in [-0.1, -0.05) is 20.3 Å². The maximum Gasteiger partial charge on any atom is 0.332 e. The summed E-state index contributed by atoms with van der Waals surface area (Å²) in [6.07, 6.45) is 3.27. The van der Waals surface area contributed by atoms with Crippen LogP contribution in [-0.2, 0) is 0 Å². The Labute approximate surface area is 123 Å². The van der Waals surface area contributed by atoms with E-state index in [-0.39, 0.29) is 28.5 Å². The molecule has 6 nitrogen and oxygen atoms in total. The van der Waals surface area contributed by atoms with Gasteiger partial charge in [-0.05, 0) is 43.2 Å². The Morgan fingerprint density at radius 2 is 2.15 bits per heavy atom. The lowest BCUT2D eigenvalue weighted by atomic mass is 9.93. The first-order valence-electron chi connectivity index (χ1n) is 6.89. The predicted octanol–water partition coefficient (Wildman–Crippen LogP) is 3.58. The molecule has 2 rings (SSSR count). The van der Waals surface area contributed by atoms with Gasteiger partial charge in [0.1, 0.15) is 5.69 Å². The summed E-state index contributed by atoms with van der Waals surface area (Å²) in [6.45, 7) is 5.93. The molecule has 1 saturated carbocycles. The highest BCUT2D eigenvalue weighted by atomic mass is 35.5. The molecular formula is C13H19ClN4O2. The van der Waals surface area contributed by atoms with Crippen molar-refractivity contribution in [3.63, 3.8) is 0 Å². The lowest BCUT2D eigenvalue weighted by Crippen LogP contribution is -2.26. The van der Waals surface area contributed by atoms with E-state index in [1.807, 2.05) is 0 Å². The van der Waals surface area contributed by atoms with Gasteiger partial charge in [0.05, 0.1) is 4.92 Å². The molecule has 7 heteroatoms. The normalized spacial score (nSPS) is 25.7.